The largest absolute Gasteiger partial charge is 0.356 e. The number of carbonyl (C=O) groups excluding carboxylic acids is 1. The molecule has 1 aromatic rings. The third-order valence-corrected chi connectivity index (χ3v) is 5.98. The van der Waals surface area contributed by atoms with Gasteiger partial charge in [0.25, 0.3) is 5.91 Å². The highest BCUT2D eigenvalue weighted by Gasteiger charge is 2.39. The van der Waals surface area contributed by atoms with Gasteiger partial charge in [-0.15, -0.1) is 24.0 Å². The molecule has 0 radical (unpaired) electrons. The van der Waals surface area contributed by atoms with Gasteiger partial charge in [-0.3, -0.25) is 9.79 Å². The fourth-order valence-electron chi connectivity index (χ4n) is 4.49. The van der Waals surface area contributed by atoms with Crippen LogP contribution in [-0.4, -0.2) is 50.5 Å². The zero-order valence-corrected chi connectivity index (χ0v) is 18.9. The Kier molecular flexibility index (Phi) is 8.38. The lowest BCUT2D eigenvalue weighted by Crippen LogP contribution is -2.42. The van der Waals surface area contributed by atoms with E-state index in [0.29, 0.717) is 11.0 Å². The van der Waals surface area contributed by atoms with Gasteiger partial charge in [-0.05, 0) is 48.8 Å². The quantitative estimate of drug-likeness (QED) is 0.391. The number of rotatable bonds is 4. The second-order valence-electron chi connectivity index (χ2n) is 7.74. The zero-order valence-electron chi connectivity index (χ0n) is 16.6. The van der Waals surface area contributed by atoms with Gasteiger partial charge in [0.2, 0.25) is 0 Å². The molecule has 1 aliphatic carbocycles. The molecule has 1 aromatic carbocycles. The molecule has 0 aromatic heterocycles. The van der Waals surface area contributed by atoms with Crippen LogP contribution in [0.25, 0.3) is 0 Å². The van der Waals surface area contributed by atoms with Crippen molar-refractivity contribution in [2.75, 3.05) is 33.7 Å². The summed E-state index contributed by atoms with van der Waals surface area (Å²) >= 11 is 0. The van der Waals surface area contributed by atoms with Gasteiger partial charge in [-0.25, -0.2) is 0 Å². The Labute approximate surface area is 180 Å². The lowest BCUT2D eigenvalue weighted by atomic mass is 9.73. The minimum absolute atomic E-state index is 0. The molecule has 1 saturated heterocycles. The first-order valence-corrected chi connectivity index (χ1v) is 9.92. The summed E-state index contributed by atoms with van der Waals surface area (Å²) in [7, 11) is 3.54. The summed E-state index contributed by atoms with van der Waals surface area (Å²) in [5.74, 6) is 0.986. The summed E-state index contributed by atoms with van der Waals surface area (Å²) < 4.78 is 0. The van der Waals surface area contributed by atoms with Crippen molar-refractivity contribution >= 4 is 35.8 Å². The van der Waals surface area contributed by atoms with Crippen molar-refractivity contribution in [1.82, 2.24) is 15.5 Å². The predicted molar refractivity (Wildman–Crippen MR) is 122 cm³/mol. The molecule has 1 aliphatic heterocycles. The van der Waals surface area contributed by atoms with Gasteiger partial charge in [0.1, 0.15) is 0 Å². The van der Waals surface area contributed by atoms with Crippen LogP contribution in [0.3, 0.4) is 0 Å². The number of hydrogen-bond donors (Lipinski definition) is 2. The first-order chi connectivity index (χ1) is 12.7. The van der Waals surface area contributed by atoms with Crippen molar-refractivity contribution in [2.45, 2.75) is 44.9 Å². The number of benzene rings is 1. The zero-order chi connectivity index (χ0) is 18.4. The van der Waals surface area contributed by atoms with Crippen molar-refractivity contribution in [3.63, 3.8) is 0 Å². The summed E-state index contributed by atoms with van der Waals surface area (Å²) in [5.41, 5.74) is 2.42. The fourth-order valence-corrected chi connectivity index (χ4v) is 4.49. The molecule has 0 atom stereocenters. The Morgan fingerprint density at radius 2 is 2.00 bits per heavy atom. The van der Waals surface area contributed by atoms with Crippen LogP contribution < -0.4 is 10.6 Å². The number of aliphatic imine (C=N–C) groups is 1. The molecule has 3 rings (SSSR count). The molecule has 2 aliphatic rings. The van der Waals surface area contributed by atoms with E-state index in [9.17, 15) is 4.79 Å². The second-order valence-corrected chi connectivity index (χ2v) is 7.74. The molecule has 5 nitrogen and oxygen atoms in total. The molecule has 2 N–H and O–H groups in total. The molecular formula is C21H33IN4O. The minimum Gasteiger partial charge on any atom is -0.356 e. The molecule has 0 bridgehead atoms. The molecule has 1 saturated carbocycles. The maximum Gasteiger partial charge on any atom is 0.251 e. The van der Waals surface area contributed by atoms with Crippen molar-refractivity contribution < 1.29 is 4.79 Å². The summed E-state index contributed by atoms with van der Waals surface area (Å²) in [5, 5.41) is 6.20. The van der Waals surface area contributed by atoms with E-state index in [2.05, 4.69) is 26.6 Å². The third-order valence-electron chi connectivity index (χ3n) is 5.98. The summed E-state index contributed by atoms with van der Waals surface area (Å²) in [4.78, 5) is 18.7. The van der Waals surface area contributed by atoms with Crippen LogP contribution >= 0.6 is 24.0 Å². The van der Waals surface area contributed by atoms with Crippen LogP contribution in [0.4, 0.5) is 0 Å². The van der Waals surface area contributed by atoms with E-state index in [1.807, 2.05) is 25.2 Å². The number of nitrogens with zero attached hydrogens (tertiary/aromatic N) is 2. The predicted octanol–water partition coefficient (Wildman–Crippen LogP) is 3.44. The van der Waals surface area contributed by atoms with E-state index in [1.54, 1.807) is 7.05 Å². The smallest absolute Gasteiger partial charge is 0.251 e. The first-order valence-electron chi connectivity index (χ1n) is 9.92. The van der Waals surface area contributed by atoms with Gasteiger partial charge < -0.3 is 15.5 Å². The second kappa shape index (κ2) is 10.3. The molecule has 1 amide bonds. The highest BCUT2D eigenvalue weighted by atomic mass is 127. The van der Waals surface area contributed by atoms with Crippen molar-refractivity contribution in [2.24, 2.45) is 10.4 Å². The topological polar surface area (TPSA) is 56.7 Å². The van der Waals surface area contributed by atoms with E-state index in [0.717, 1.165) is 32.0 Å². The SMILES string of the molecule is CN=C(NCCc1cccc(C(=O)NC)c1)N1CCC2(CCCCC2)C1.I. The molecule has 2 fully saturated rings. The summed E-state index contributed by atoms with van der Waals surface area (Å²) in [6.45, 7) is 3.10. The number of nitrogens with one attached hydrogen (secondary N) is 2. The van der Waals surface area contributed by atoms with Crippen molar-refractivity contribution in [3.05, 3.63) is 35.4 Å². The molecule has 150 valence electrons. The third kappa shape index (κ3) is 5.59. The molecule has 1 heterocycles. The summed E-state index contributed by atoms with van der Waals surface area (Å²) in [6.07, 6.45) is 9.14. The fraction of sp³-hybridized carbons (Fsp3) is 0.619. The van der Waals surface area contributed by atoms with Crippen LogP contribution in [0.15, 0.2) is 29.3 Å². The molecule has 1 spiro atoms. The Bertz CT molecular complexity index is 655. The Balaban J connectivity index is 0.00000261. The Morgan fingerprint density at radius 1 is 1.22 bits per heavy atom. The highest BCUT2D eigenvalue weighted by Crippen LogP contribution is 2.43. The van der Waals surface area contributed by atoms with Gasteiger partial charge in [-0.1, -0.05) is 31.4 Å². The maximum atomic E-state index is 11.8. The van der Waals surface area contributed by atoms with Gasteiger partial charge in [0, 0.05) is 39.3 Å². The average Bonchev–Trinajstić information content (AvgIpc) is 3.08. The van der Waals surface area contributed by atoms with Gasteiger partial charge in [-0.2, -0.15) is 0 Å². The number of carbonyl (C=O) groups is 1. The van der Waals surface area contributed by atoms with Crippen LogP contribution in [0.2, 0.25) is 0 Å². The standard InChI is InChI=1S/C21H32N4O.HI/c1-22-19(26)18-8-6-7-17(15-18)9-13-24-20(23-2)25-14-12-21(16-25)10-4-3-5-11-21;/h6-8,15H,3-5,9-14,16H2,1-2H3,(H,22,26)(H,23,24);1H. The number of likely N-dealkylation sites (tertiary alicyclic amines) is 1. The van der Waals surface area contributed by atoms with E-state index < -0.39 is 0 Å². The van der Waals surface area contributed by atoms with Crippen LogP contribution in [0.5, 0.6) is 0 Å². The van der Waals surface area contributed by atoms with Gasteiger partial charge >= 0.3 is 0 Å². The number of hydrogen-bond acceptors (Lipinski definition) is 2. The Hall–Kier alpha value is -1.31. The monoisotopic (exact) mass is 484 g/mol. The number of halogens is 1. The van der Waals surface area contributed by atoms with Crippen LogP contribution in [0.1, 0.15) is 54.4 Å². The lowest BCUT2D eigenvalue weighted by molar-refractivity contribution is 0.0963. The molecular weight excluding hydrogens is 451 g/mol. The van der Waals surface area contributed by atoms with E-state index in [1.165, 1.54) is 44.1 Å². The normalized spacial score (nSPS) is 18.9. The lowest BCUT2D eigenvalue weighted by Gasteiger charge is -2.33. The van der Waals surface area contributed by atoms with Gasteiger partial charge in [0.05, 0.1) is 0 Å². The average molecular weight is 484 g/mol. The van der Waals surface area contributed by atoms with Gasteiger partial charge in [0.15, 0.2) is 5.96 Å². The Morgan fingerprint density at radius 3 is 2.70 bits per heavy atom. The number of amides is 1. The van der Waals surface area contributed by atoms with E-state index in [-0.39, 0.29) is 29.9 Å². The first kappa shape index (κ1) is 22.0. The van der Waals surface area contributed by atoms with E-state index >= 15 is 0 Å². The van der Waals surface area contributed by atoms with Crippen LogP contribution in [-0.2, 0) is 6.42 Å². The minimum atomic E-state index is -0.0366. The molecule has 6 heteroatoms. The van der Waals surface area contributed by atoms with E-state index in [4.69, 9.17) is 0 Å². The van der Waals surface area contributed by atoms with Crippen molar-refractivity contribution in [1.29, 1.82) is 0 Å². The summed E-state index contributed by atoms with van der Waals surface area (Å²) in [6, 6.07) is 7.84. The maximum absolute atomic E-state index is 11.8. The van der Waals surface area contributed by atoms with Crippen molar-refractivity contribution in [3.8, 4) is 0 Å². The van der Waals surface area contributed by atoms with Crippen LogP contribution in [0, 0.1) is 5.41 Å². The number of guanidine groups is 1. The molecule has 0 unspecified atom stereocenters. The molecule has 27 heavy (non-hydrogen) atoms. The highest BCUT2D eigenvalue weighted by molar-refractivity contribution is 14.0.